The van der Waals surface area contributed by atoms with Crippen LogP contribution < -0.4 is 4.90 Å². The molecule has 88 valence electrons. The first-order valence-corrected chi connectivity index (χ1v) is 7.23. The first-order chi connectivity index (χ1) is 7.70. The van der Waals surface area contributed by atoms with Crippen molar-refractivity contribution in [1.82, 2.24) is 0 Å². The fourth-order valence-corrected chi connectivity index (χ4v) is 2.99. The summed E-state index contributed by atoms with van der Waals surface area (Å²) in [6.45, 7) is 6.94. The van der Waals surface area contributed by atoms with Crippen LogP contribution in [0.2, 0.25) is 0 Å². The van der Waals surface area contributed by atoms with Gasteiger partial charge in [-0.05, 0) is 37.3 Å². The lowest BCUT2D eigenvalue weighted by molar-refractivity contribution is 0.446. The number of piperidine rings is 1. The molecule has 0 saturated carbocycles. The summed E-state index contributed by atoms with van der Waals surface area (Å²) >= 11 is 3.60. The van der Waals surface area contributed by atoms with Gasteiger partial charge in [-0.25, -0.2) is 0 Å². The molecule has 0 aromatic heterocycles. The van der Waals surface area contributed by atoms with Crippen LogP contribution in [0.25, 0.3) is 0 Å². The van der Waals surface area contributed by atoms with Crippen molar-refractivity contribution in [3.63, 3.8) is 0 Å². The van der Waals surface area contributed by atoms with Gasteiger partial charge in [0, 0.05) is 24.1 Å². The maximum Gasteiger partial charge on any atom is 0.0407 e. The Morgan fingerprint density at radius 1 is 1.44 bits per heavy atom. The predicted molar refractivity (Wildman–Crippen MR) is 74.4 cm³/mol. The van der Waals surface area contributed by atoms with E-state index >= 15 is 0 Å². The van der Waals surface area contributed by atoms with Crippen LogP contribution in [0.5, 0.6) is 0 Å². The second kappa shape index (κ2) is 5.22. The van der Waals surface area contributed by atoms with E-state index in [1.54, 1.807) is 0 Å². The van der Waals surface area contributed by atoms with Crippen LogP contribution in [0.4, 0.5) is 5.69 Å². The Labute approximate surface area is 107 Å². The summed E-state index contributed by atoms with van der Waals surface area (Å²) < 4.78 is 0. The average Bonchev–Trinajstić information content (AvgIpc) is 2.28. The van der Waals surface area contributed by atoms with Crippen LogP contribution in [-0.2, 0) is 5.33 Å². The van der Waals surface area contributed by atoms with E-state index in [4.69, 9.17) is 0 Å². The van der Waals surface area contributed by atoms with Crippen LogP contribution in [0.1, 0.15) is 30.9 Å². The second-order valence-corrected chi connectivity index (χ2v) is 5.52. The molecule has 1 aliphatic rings. The molecule has 0 spiro atoms. The highest BCUT2D eigenvalue weighted by atomic mass is 79.9. The first-order valence-electron chi connectivity index (χ1n) is 6.11. The van der Waals surface area contributed by atoms with Crippen molar-refractivity contribution in [1.29, 1.82) is 0 Å². The molecule has 0 radical (unpaired) electrons. The summed E-state index contributed by atoms with van der Waals surface area (Å²) in [5.74, 6) is 0.832. The molecule has 1 saturated heterocycles. The van der Waals surface area contributed by atoms with Crippen molar-refractivity contribution in [2.75, 3.05) is 18.0 Å². The van der Waals surface area contributed by atoms with Crippen molar-refractivity contribution < 1.29 is 0 Å². The molecule has 1 aromatic rings. The molecule has 0 N–H and O–H groups in total. The number of halogens is 1. The molecule has 2 heteroatoms. The third-order valence-electron chi connectivity index (χ3n) is 3.38. The summed E-state index contributed by atoms with van der Waals surface area (Å²) in [5, 5.41) is 0.953. The third-order valence-corrected chi connectivity index (χ3v) is 3.98. The Kier molecular flexibility index (Phi) is 3.91. The van der Waals surface area contributed by atoms with Gasteiger partial charge >= 0.3 is 0 Å². The van der Waals surface area contributed by atoms with Crippen molar-refractivity contribution in [2.24, 2.45) is 5.92 Å². The molecule has 1 fully saturated rings. The quantitative estimate of drug-likeness (QED) is 0.737. The minimum absolute atomic E-state index is 0.832. The Morgan fingerprint density at radius 2 is 2.25 bits per heavy atom. The zero-order valence-electron chi connectivity index (χ0n) is 10.2. The van der Waals surface area contributed by atoms with Gasteiger partial charge in [0.15, 0.2) is 0 Å². The minimum atomic E-state index is 0.832. The number of benzene rings is 1. The van der Waals surface area contributed by atoms with Crippen LogP contribution in [0.3, 0.4) is 0 Å². The normalized spacial score (nSPS) is 21.2. The Hall–Kier alpha value is -0.500. The van der Waals surface area contributed by atoms with E-state index in [0.29, 0.717) is 0 Å². The van der Waals surface area contributed by atoms with Crippen LogP contribution in [0.15, 0.2) is 18.2 Å². The van der Waals surface area contributed by atoms with Gasteiger partial charge in [0.05, 0.1) is 0 Å². The van der Waals surface area contributed by atoms with Crippen molar-refractivity contribution in [2.45, 2.75) is 32.0 Å². The molecule has 1 aliphatic heterocycles. The first kappa shape index (κ1) is 12.0. The lowest BCUT2D eigenvalue weighted by Gasteiger charge is -2.34. The molecule has 1 nitrogen and oxygen atoms in total. The summed E-state index contributed by atoms with van der Waals surface area (Å²) in [4.78, 5) is 2.55. The highest BCUT2D eigenvalue weighted by Gasteiger charge is 2.18. The summed E-state index contributed by atoms with van der Waals surface area (Å²) in [6, 6.07) is 6.80. The summed E-state index contributed by atoms with van der Waals surface area (Å²) in [6.07, 6.45) is 2.71. The number of rotatable bonds is 2. The van der Waals surface area contributed by atoms with E-state index < -0.39 is 0 Å². The molecule has 16 heavy (non-hydrogen) atoms. The van der Waals surface area contributed by atoms with Crippen LogP contribution in [-0.4, -0.2) is 13.1 Å². The van der Waals surface area contributed by atoms with E-state index in [9.17, 15) is 0 Å². The van der Waals surface area contributed by atoms with Crippen LogP contribution in [0, 0.1) is 12.8 Å². The number of hydrogen-bond donors (Lipinski definition) is 0. The molecule has 0 aliphatic carbocycles. The second-order valence-electron chi connectivity index (χ2n) is 4.96. The van der Waals surface area contributed by atoms with Crippen molar-refractivity contribution in [3.8, 4) is 0 Å². The molecule has 0 bridgehead atoms. The zero-order valence-corrected chi connectivity index (χ0v) is 11.8. The van der Waals surface area contributed by atoms with Gasteiger partial charge in [-0.15, -0.1) is 0 Å². The minimum Gasteiger partial charge on any atom is -0.371 e. The Bertz CT molecular complexity index is 362. The van der Waals surface area contributed by atoms with Gasteiger partial charge in [0.25, 0.3) is 0 Å². The number of anilines is 1. The Morgan fingerprint density at radius 3 is 2.94 bits per heavy atom. The lowest BCUT2D eigenvalue weighted by atomic mass is 9.98. The van der Waals surface area contributed by atoms with Crippen LogP contribution >= 0.6 is 15.9 Å². The number of aryl methyl sites for hydroxylation is 1. The maximum absolute atomic E-state index is 3.60. The van der Waals surface area contributed by atoms with Gasteiger partial charge in [-0.2, -0.15) is 0 Å². The summed E-state index contributed by atoms with van der Waals surface area (Å²) in [7, 11) is 0. The van der Waals surface area contributed by atoms with E-state index in [0.717, 1.165) is 11.2 Å². The smallest absolute Gasteiger partial charge is 0.0407 e. The predicted octanol–water partition coefficient (Wildman–Crippen LogP) is 4.13. The SMILES string of the molecule is Cc1ccc(N2CCCC(C)C2)c(CBr)c1. The number of nitrogens with zero attached hydrogens (tertiary/aromatic N) is 1. The third kappa shape index (κ3) is 2.60. The van der Waals surface area contributed by atoms with Gasteiger partial charge < -0.3 is 4.90 Å². The van der Waals surface area contributed by atoms with E-state index in [2.05, 4.69) is 52.9 Å². The molecule has 1 aromatic carbocycles. The monoisotopic (exact) mass is 281 g/mol. The largest absolute Gasteiger partial charge is 0.371 e. The van der Waals surface area contributed by atoms with E-state index in [1.807, 2.05) is 0 Å². The van der Waals surface area contributed by atoms with Gasteiger partial charge in [0.1, 0.15) is 0 Å². The maximum atomic E-state index is 3.60. The van der Waals surface area contributed by atoms with E-state index in [1.165, 1.54) is 42.7 Å². The lowest BCUT2D eigenvalue weighted by Crippen LogP contribution is -2.34. The Balaban J connectivity index is 2.24. The molecule has 0 amide bonds. The fraction of sp³-hybridized carbons (Fsp3) is 0.571. The topological polar surface area (TPSA) is 3.24 Å². The standard InChI is InChI=1S/C14H20BrN/c1-11-5-6-14(13(8-11)9-15)16-7-3-4-12(2)10-16/h5-6,8,12H,3-4,7,9-10H2,1-2H3. The average molecular weight is 282 g/mol. The molecular weight excluding hydrogens is 262 g/mol. The summed E-state index contributed by atoms with van der Waals surface area (Å²) in [5.41, 5.74) is 4.20. The molecule has 2 rings (SSSR count). The number of hydrogen-bond acceptors (Lipinski definition) is 1. The number of alkyl halides is 1. The zero-order chi connectivity index (χ0) is 11.5. The molecule has 1 heterocycles. The molecule has 1 unspecified atom stereocenters. The van der Waals surface area contributed by atoms with Gasteiger partial charge in [-0.3, -0.25) is 0 Å². The highest BCUT2D eigenvalue weighted by Crippen LogP contribution is 2.28. The highest BCUT2D eigenvalue weighted by molar-refractivity contribution is 9.08. The van der Waals surface area contributed by atoms with Crippen molar-refractivity contribution >= 4 is 21.6 Å². The van der Waals surface area contributed by atoms with Gasteiger partial charge in [-0.1, -0.05) is 40.5 Å². The van der Waals surface area contributed by atoms with Crippen molar-refractivity contribution in [3.05, 3.63) is 29.3 Å². The fourth-order valence-electron chi connectivity index (χ4n) is 2.54. The van der Waals surface area contributed by atoms with E-state index in [-0.39, 0.29) is 0 Å². The molecular formula is C14H20BrN. The van der Waals surface area contributed by atoms with Gasteiger partial charge in [0.2, 0.25) is 0 Å². The molecule has 1 atom stereocenters.